The van der Waals surface area contributed by atoms with E-state index in [1.807, 2.05) is 30.3 Å². The number of hydrogen-bond donors (Lipinski definition) is 2. The second kappa shape index (κ2) is 6.63. The van der Waals surface area contributed by atoms with E-state index in [1.54, 1.807) is 18.2 Å². The van der Waals surface area contributed by atoms with Crippen LogP contribution < -0.4 is 5.73 Å². The highest BCUT2D eigenvalue weighted by Gasteiger charge is 2.13. The minimum Gasteiger partial charge on any atom is -0.478 e. The number of hydrogen-bond acceptors (Lipinski definition) is 3. The number of ketones is 1. The van der Waals surface area contributed by atoms with Crippen molar-refractivity contribution in [3.8, 4) is 0 Å². The van der Waals surface area contributed by atoms with Gasteiger partial charge in [0.05, 0.1) is 11.6 Å². The molecule has 0 amide bonds. The number of carboxylic acids is 1. The molecule has 4 nitrogen and oxygen atoms in total. The molecule has 1 unspecified atom stereocenters. The Balaban J connectivity index is 2.08. The first-order valence-corrected chi connectivity index (χ1v) is 6.44. The van der Waals surface area contributed by atoms with E-state index in [-0.39, 0.29) is 11.3 Å². The zero-order valence-electron chi connectivity index (χ0n) is 11.3. The third-order valence-electron chi connectivity index (χ3n) is 3.06. The average Bonchev–Trinajstić information content (AvgIpc) is 2.53. The van der Waals surface area contributed by atoms with Crippen LogP contribution in [0.25, 0.3) is 6.08 Å². The van der Waals surface area contributed by atoms with Crippen LogP contribution in [-0.4, -0.2) is 16.9 Å². The van der Waals surface area contributed by atoms with Crippen molar-refractivity contribution in [3.63, 3.8) is 0 Å². The normalized spacial score (nSPS) is 12.2. The van der Waals surface area contributed by atoms with Crippen molar-refractivity contribution >= 4 is 17.8 Å². The lowest BCUT2D eigenvalue weighted by atomic mass is 10.0. The predicted octanol–water partition coefficient (Wildman–Crippen LogP) is 2.67. The molecule has 1 atom stereocenters. The van der Waals surface area contributed by atoms with Crippen molar-refractivity contribution in [3.05, 3.63) is 77.4 Å². The van der Waals surface area contributed by atoms with E-state index < -0.39 is 12.0 Å². The largest absolute Gasteiger partial charge is 0.478 e. The molecular formula is C17H15NO3. The van der Waals surface area contributed by atoms with Crippen LogP contribution in [0.2, 0.25) is 0 Å². The quantitative estimate of drug-likeness (QED) is 0.826. The van der Waals surface area contributed by atoms with Gasteiger partial charge in [-0.15, -0.1) is 0 Å². The average molecular weight is 281 g/mol. The maximum Gasteiger partial charge on any atom is 0.335 e. The van der Waals surface area contributed by atoms with Gasteiger partial charge in [-0.05, 0) is 29.3 Å². The van der Waals surface area contributed by atoms with Crippen LogP contribution in [0.5, 0.6) is 0 Å². The lowest BCUT2D eigenvalue weighted by Crippen LogP contribution is -2.19. The summed E-state index contributed by atoms with van der Waals surface area (Å²) in [7, 11) is 0. The molecule has 0 aromatic heterocycles. The highest BCUT2D eigenvalue weighted by molar-refractivity contribution is 5.98. The Bertz CT molecular complexity index is 660. The predicted molar refractivity (Wildman–Crippen MR) is 80.8 cm³/mol. The van der Waals surface area contributed by atoms with Gasteiger partial charge in [0.2, 0.25) is 0 Å². The molecule has 0 radical (unpaired) electrons. The fourth-order valence-corrected chi connectivity index (χ4v) is 1.84. The Morgan fingerprint density at radius 3 is 2.19 bits per heavy atom. The standard InChI is InChI=1S/C17H15NO3/c18-16(13-7-9-14(10-8-13)17(20)21)15(19)11-6-12-4-2-1-3-5-12/h1-11,16H,18H2,(H,20,21). The molecule has 0 saturated carbocycles. The summed E-state index contributed by atoms with van der Waals surface area (Å²) in [5.74, 6) is -1.24. The van der Waals surface area contributed by atoms with Gasteiger partial charge < -0.3 is 10.8 Å². The van der Waals surface area contributed by atoms with Crippen molar-refractivity contribution in [1.82, 2.24) is 0 Å². The van der Waals surface area contributed by atoms with Gasteiger partial charge in [-0.1, -0.05) is 48.5 Å². The zero-order valence-corrected chi connectivity index (χ0v) is 11.3. The van der Waals surface area contributed by atoms with E-state index >= 15 is 0 Å². The van der Waals surface area contributed by atoms with Gasteiger partial charge in [0.1, 0.15) is 0 Å². The smallest absolute Gasteiger partial charge is 0.335 e. The first-order chi connectivity index (χ1) is 10.1. The van der Waals surface area contributed by atoms with Gasteiger partial charge in [-0.2, -0.15) is 0 Å². The molecule has 0 bridgehead atoms. The molecule has 106 valence electrons. The first-order valence-electron chi connectivity index (χ1n) is 6.44. The third kappa shape index (κ3) is 3.87. The van der Waals surface area contributed by atoms with Crippen molar-refractivity contribution < 1.29 is 14.7 Å². The van der Waals surface area contributed by atoms with E-state index in [2.05, 4.69) is 0 Å². The van der Waals surface area contributed by atoms with E-state index in [4.69, 9.17) is 10.8 Å². The van der Waals surface area contributed by atoms with Gasteiger partial charge in [-0.3, -0.25) is 4.79 Å². The molecule has 0 aliphatic rings. The molecule has 2 aromatic carbocycles. The van der Waals surface area contributed by atoms with Crippen LogP contribution >= 0.6 is 0 Å². The van der Waals surface area contributed by atoms with Gasteiger partial charge in [0.15, 0.2) is 5.78 Å². The number of carbonyl (C=O) groups excluding carboxylic acids is 1. The second-order valence-electron chi connectivity index (χ2n) is 4.55. The van der Waals surface area contributed by atoms with Crippen LogP contribution in [0, 0.1) is 0 Å². The molecular weight excluding hydrogens is 266 g/mol. The minimum atomic E-state index is -1.01. The summed E-state index contributed by atoms with van der Waals surface area (Å²) in [6.07, 6.45) is 3.14. The summed E-state index contributed by atoms with van der Waals surface area (Å²) in [5, 5.41) is 8.82. The van der Waals surface area contributed by atoms with Crippen LogP contribution in [0.3, 0.4) is 0 Å². The Morgan fingerprint density at radius 2 is 1.62 bits per heavy atom. The van der Waals surface area contributed by atoms with Crippen molar-refractivity contribution in [1.29, 1.82) is 0 Å². The molecule has 0 saturated heterocycles. The fourth-order valence-electron chi connectivity index (χ4n) is 1.84. The van der Waals surface area contributed by atoms with Crippen molar-refractivity contribution in [2.24, 2.45) is 5.73 Å². The molecule has 0 fully saturated rings. The van der Waals surface area contributed by atoms with E-state index in [1.165, 1.54) is 18.2 Å². The van der Waals surface area contributed by atoms with Gasteiger partial charge in [0, 0.05) is 0 Å². The molecule has 21 heavy (non-hydrogen) atoms. The lowest BCUT2D eigenvalue weighted by Gasteiger charge is -2.08. The molecule has 0 heterocycles. The number of carboxylic acid groups (broad SMARTS) is 1. The Morgan fingerprint density at radius 1 is 1.00 bits per heavy atom. The summed E-state index contributed by atoms with van der Waals surface area (Å²) in [5.41, 5.74) is 7.55. The monoisotopic (exact) mass is 281 g/mol. The summed E-state index contributed by atoms with van der Waals surface area (Å²) in [4.78, 5) is 22.8. The summed E-state index contributed by atoms with van der Waals surface area (Å²) in [6.45, 7) is 0. The van der Waals surface area contributed by atoms with Gasteiger partial charge >= 0.3 is 5.97 Å². The maximum absolute atomic E-state index is 12.0. The highest BCUT2D eigenvalue weighted by Crippen LogP contribution is 2.14. The lowest BCUT2D eigenvalue weighted by molar-refractivity contribution is -0.115. The third-order valence-corrected chi connectivity index (χ3v) is 3.06. The summed E-state index contributed by atoms with van der Waals surface area (Å²) >= 11 is 0. The fraction of sp³-hybridized carbons (Fsp3) is 0.0588. The molecule has 3 N–H and O–H groups in total. The number of carbonyl (C=O) groups is 2. The SMILES string of the molecule is NC(C(=O)C=Cc1ccccc1)c1ccc(C(=O)O)cc1. The number of rotatable bonds is 5. The Hall–Kier alpha value is -2.72. The van der Waals surface area contributed by atoms with Crippen LogP contribution in [0.4, 0.5) is 0 Å². The topological polar surface area (TPSA) is 80.4 Å². The zero-order chi connectivity index (χ0) is 15.2. The minimum absolute atomic E-state index is 0.165. The maximum atomic E-state index is 12.0. The van der Waals surface area contributed by atoms with Gasteiger partial charge in [-0.25, -0.2) is 4.79 Å². The van der Waals surface area contributed by atoms with Gasteiger partial charge in [0.25, 0.3) is 0 Å². The molecule has 4 heteroatoms. The molecule has 2 rings (SSSR count). The van der Waals surface area contributed by atoms with Crippen LogP contribution in [-0.2, 0) is 4.79 Å². The van der Waals surface area contributed by atoms with Crippen LogP contribution in [0.1, 0.15) is 27.5 Å². The van der Waals surface area contributed by atoms with Crippen molar-refractivity contribution in [2.75, 3.05) is 0 Å². The van der Waals surface area contributed by atoms with E-state index in [0.29, 0.717) is 5.56 Å². The van der Waals surface area contributed by atoms with Crippen LogP contribution in [0.15, 0.2) is 60.7 Å². The summed E-state index contributed by atoms with van der Waals surface area (Å²) < 4.78 is 0. The van der Waals surface area contributed by atoms with Crippen molar-refractivity contribution in [2.45, 2.75) is 6.04 Å². The Kier molecular flexibility index (Phi) is 4.64. The molecule has 0 aliphatic heterocycles. The molecule has 0 spiro atoms. The first kappa shape index (κ1) is 14.7. The number of benzene rings is 2. The second-order valence-corrected chi connectivity index (χ2v) is 4.55. The molecule has 0 aliphatic carbocycles. The summed E-state index contributed by atoms with van der Waals surface area (Å²) in [6, 6.07) is 14.6. The highest BCUT2D eigenvalue weighted by atomic mass is 16.4. The molecule has 2 aromatic rings. The van der Waals surface area contributed by atoms with E-state index in [0.717, 1.165) is 5.56 Å². The number of nitrogens with two attached hydrogens (primary N) is 1. The Labute approximate surface area is 122 Å². The van der Waals surface area contributed by atoms with E-state index in [9.17, 15) is 9.59 Å². The number of aromatic carboxylic acids is 1.